The highest BCUT2D eigenvalue weighted by Gasteiger charge is 2.66. The van der Waals surface area contributed by atoms with Crippen LogP contribution in [0.2, 0.25) is 0 Å². The fourth-order valence-electron chi connectivity index (χ4n) is 5.28. The Morgan fingerprint density at radius 2 is 1.60 bits per heavy atom. The van der Waals surface area contributed by atoms with Crippen molar-refractivity contribution in [3.8, 4) is 0 Å². The molecule has 0 saturated carbocycles. The molecule has 1 aliphatic heterocycles. The maximum Gasteiger partial charge on any atom is 0.309 e. The quantitative estimate of drug-likeness (QED) is 0.189. The van der Waals surface area contributed by atoms with Crippen molar-refractivity contribution in [1.29, 1.82) is 0 Å². The van der Waals surface area contributed by atoms with Crippen LogP contribution in [0.15, 0.2) is 12.2 Å². The van der Waals surface area contributed by atoms with E-state index >= 15 is 0 Å². The van der Waals surface area contributed by atoms with Crippen molar-refractivity contribution in [2.45, 2.75) is 98.7 Å². The summed E-state index contributed by atoms with van der Waals surface area (Å²) in [6.45, 7) is 15.8. The minimum Gasteiger partial charge on any atom is -0.550 e. The average Bonchev–Trinajstić information content (AvgIpc) is 2.76. The Labute approximate surface area is 212 Å². The zero-order valence-electron chi connectivity index (χ0n) is 23.5. The van der Waals surface area contributed by atoms with Crippen LogP contribution >= 0.6 is 0 Å². The maximum absolute atomic E-state index is 13.0. The highest BCUT2D eigenvalue weighted by Crippen LogP contribution is 2.63. The van der Waals surface area contributed by atoms with Crippen molar-refractivity contribution in [2.24, 2.45) is 22.2 Å². The van der Waals surface area contributed by atoms with Gasteiger partial charge in [-0.2, -0.15) is 0 Å². The molecule has 0 bridgehead atoms. The van der Waals surface area contributed by atoms with Crippen molar-refractivity contribution < 1.29 is 33.6 Å². The first-order valence-corrected chi connectivity index (χ1v) is 12.9. The number of ether oxygens (including phenoxy) is 4. The van der Waals surface area contributed by atoms with Crippen molar-refractivity contribution in [3.63, 3.8) is 0 Å². The number of carbonyl (C=O) groups is 2. The van der Waals surface area contributed by atoms with Gasteiger partial charge in [-0.25, -0.2) is 0 Å². The highest BCUT2D eigenvalue weighted by molar-refractivity contribution is 5.78. The maximum atomic E-state index is 13.0. The molecule has 204 valence electrons. The Morgan fingerprint density at radius 3 is 2.14 bits per heavy atom. The Kier molecular flexibility index (Phi) is 11.9. The number of rotatable bonds is 15. The van der Waals surface area contributed by atoms with Crippen LogP contribution in [0.5, 0.6) is 0 Å². The summed E-state index contributed by atoms with van der Waals surface area (Å²) in [5.74, 6) is -2.61. The van der Waals surface area contributed by atoms with Gasteiger partial charge in [0, 0.05) is 37.4 Å². The van der Waals surface area contributed by atoms with Crippen LogP contribution < -0.4 is 5.11 Å². The first-order chi connectivity index (χ1) is 16.2. The number of carboxylic acids is 1. The lowest BCUT2D eigenvalue weighted by atomic mass is 9.46. The standard InChI is InChI=1S/C28H50O7/c1-10-11-12-13-14-15-16-21(17-23(29)30)24(31)34-18-22-27(6,19-32-8)25(2,3)26(4,5)28(7,35-22)20-33-9/h14-15,21-22H,10-13,16-20H2,1-9H3,(H,29,30)/p-1. The van der Waals surface area contributed by atoms with Crippen molar-refractivity contribution in [3.05, 3.63) is 12.2 Å². The van der Waals surface area contributed by atoms with Crippen LogP contribution in [0.25, 0.3) is 0 Å². The Morgan fingerprint density at radius 1 is 0.971 bits per heavy atom. The summed E-state index contributed by atoms with van der Waals surface area (Å²) in [6.07, 6.45) is 7.61. The first kappa shape index (κ1) is 31.6. The van der Waals surface area contributed by atoms with Crippen molar-refractivity contribution in [2.75, 3.05) is 34.0 Å². The predicted molar refractivity (Wildman–Crippen MR) is 135 cm³/mol. The van der Waals surface area contributed by atoms with Gasteiger partial charge in [-0.15, -0.1) is 0 Å². The monoisotopic (exact) mass is 497 g/mol. The van der Waals surface area contributed by atoms with Gasteiger partial charge in [0.25, 0.3) is 0 Å². The summed E-state index contributed by atoms with van der Waals surface area (Å²) in [6, 6.07) is 0. The molecule has 1 aliphatic rings. The molecule has 0 spiro atoms. The lowest BCUT2D eigenvalue weighted by Crippen LogP contribution is -2.71. The van der Waals surface area contributed by atoms with E-state index in [2.05, 4.69) is 41.5 Å². The second-order valence-electron chi connectivity index (χ2n) is 11.5. The van der Waals surface area contributed by atoms with Crippen molar-refractivity contribution >= 4 is 11.9 Å². The molecule has 4 atom stereocenters. The van der Waals surface area contributed by atoms with Gasteiger partial charge in [-0.1, -0.05) is 66.5 Å². The molecule has 0 aromatic rings. The summed E-state index contributed by atoms with van der Waals surface area (Å²) in [7, 11) is 3.30. The third kappa shape index (κ3) is 7.07. The number of aliphatic carboxylic acids is 1. The SMILES string of the molecule is CCCCCC=CCC(CC(=O)[O-])C(=O)OCC1OC(C)(COC)C(C)(C)C(C)(C)C1(C)COC. The highest BCUT2D eigenvalue weighted by atomic mass is 16.6. The van der Waals surface area contributed by atoms with E-state index in [0.717, 1.165) is 25.7 Å². The third-order valence-electron chi connectivity index (χ3n) is 8.97. The lowest BCUT2D eigenvalue weighted by molar-refractivity contribution is -0.322. The van der Waals surface area contributed by atoms with E-state index in [4.69, 9.17) is 18.9 Å². The minimum atomic E-state index is -1.26. The molecule has 7 heteroatoms. The van der Waals surface area contributed by atoms with Gasteiger partial charge in [0.15, 0.2) is 0 Å². The van der Waals surface area contributed by atoms with E-state index in [1.165, 1.54) is 0 Å². The lowest BCUT2D eigenvalue weighted by Gasteiger charge is -2.66. The minimum absolute atomic E-state index is 0.00126. The fraction of sp³-hybridized carbons (Fsp3) is 0.857. The van der Waals surface area contributed by atoms with Gasteiger partial charge in [0.2, 0.25) is 0 Å². The van der Waals surface area contributed by atoms with E-state index in [0.29, 0.717) is 19.6 Å². The van der Waals surface area contributed by atoms with Crippen LogP contribution in [-0.2, 0) is 28.5 Å². The summed E-state index contributed by atoms with van der Waals surface area (Å²) in [5.41, 5.74) is -1.71. The van der Waals surface area contributed by atoms with Gasteiger partial charge in [0.05, 0.1) is 24.7 Å². The summed E-state index contributed by atoms with van der Waals surface area (Å²) in [4.78, 5) is 24.3. The molecule has 0 radical (unpaired) electrons. The molecule has 7 nitrogen and oxygen atoms in total. The molecular weight excluding hydrogens is 448 g/mol. The molecule has 35 heavy (non-hydrogen) atoms. The zero-order valence-corrected chi connectivity index (χ0v) is 23.5. The fourth-order valence-corrected chi connectivity index (χ4v) is 5.28. The van der Waals surface area contributed by atoms with E-state index in [1.807, 2.05) is 19.1 Å². The normalized spacial score (nSPS) is 28.7. The van der Waals surface area contributed by atoms with Gasteiger partial charge in [-0.05, 0) is 31.6 Å². The van der Waals surface area contributed by atoms with Crippen LogP contribution in [0.3, 0.4) is 0 Å². The van der Waals surface area contributed by atoms with E-state index in [-0.39, 0.29) is 23.9 Å². The zero-order chi connectivity index (χ0) is 26.9. The third-order valence-corrected chi connectivity index (χ3v) is 8.97. The number of hydrogen-bond acceptors (Lipinski definition) is 7. The molecule has 0 aromatic heterocycles. The van der Waals surface area contributed by atoms with Gasteiger partial charge < -0.3 is 28.8 Å². The van der Waals surface area contributed by atoms with Gasteiger partial charge in [0.1, 0.15) is 12.7 Å². The van der Waals surface area contributed by atoms with Crippen LogP contribution in [0.1, 0.15) is 87.0 Å². The van der Waals surface area contributed by atoms with E-state index < -0.39 is 35.0 Å². The van der Waals surface area contributed by atoms with Crippen LogP contribution in [-0.4, -0.2) is 57.7 Å². The number of carboxylic acid groups (broad SMARTS) is 1. The molecule has 1 rings (SSSR count). The molecule has 0 aromatic carbocycles. The van der Waals surface area contributed by atoms with Crippen LogP contribution in [0, 0.1) is 22.2 Å². The summed E-state index contributed by atoms with van der Waals surface area (Å²) >= 11 is 0. The molecule has 1 saturated heterocycles. The summed E-state index contributed by atoms with van der Waals surface area (Å²) < 4.78 is 23.5. The second kappa shape index (κ2) is 13.2. The Balaban J connectivity index is 3.08. The van der Waals surface area contributed by atoms with Crippen LogP contribution in [0.4, 0.5) is 0 Å². The predicted octanol–water partition coefficient (Wildman–Crippen LogP) is 4.32. The molecule has 0 N–H and O–H groups in total. The molecular formula is C28H49O7-. The number of unbranched alkanes of at least 4 members (excludes halogenated alkanes) is 3. The molecule has 1 heterocycles. The van der Waals surface area contributed by atoms with E-state index in [1.54, 1.807) is 14.2 Å². The number of carbonyl (C=O) groups excluding carboxylic acids is 2. The number of hydrogen-bond donors (Lipinski definition) is 0. The largest absolute Gasteiger partial charge is 0.550 e. The molecule has 0 aliphatic carbocycles. The Bertz CT molecular complexity index is 714. The topological polar surface area (TPSA) is 94.1 Å². The number of methoxy groups -OCH3 is 2. The van der Waals surface area contributed by atoms with E-state index in [9.17, 15) is 14.7 Å². The smallest absolute Gasteiger partial charge is 0.309 e. The van der Waals surface area contributed by atoms with Crippen molar-refractivity contribution in [1.82, 2.24) is 0 Å². The van der Waals surface area contributed by atoms with Gasteiger partial charge in [-0.3, -0.25) is 4.79 Å². The second-order valence-corrected chi connectivity index (χ2v) is 11.5. The average molecular weight is 498 g/mol. The Hall–Kier alpha value is -1.44. The molecule has 0 amide bonds. The molecule has 1 fully saturated rings. The number of allylic oxidation sites excluding steroid dienone is 2. The van der Waals surface area contributed by atoms with Gasteiger partial charge >= 0.3 is 5.97 Å². The number of esters is 1. The first-order valence-electron chi connectivity index (χ1n) is 12.9. The molecule has 4 unspecified atom stereocenters. The summed E-state index contributed by atoms with van der Waals surface area (Å²) in [5, 5.41) is 11.3.